The van der Waals surface area contributed by atoms with Crippen molar-refractivity contribution in [3.8, 4) is 10.6 Å². The molecule has 1 unspecified atom stereocenters. The molecule has 0 aliphatic carbocycles. The normalized spacial score (nSPS) is 12.7. The maximum absolute atomic E-state index is 13.9. The van der Waals surface area contributed by atoms with E-state index in [1.54, 1.807) is 6.92 Å². The molecule has 6 heteroatoms. The highest BCUT2D eigenvalue weighted by atomic mass is 32.1. The number of aryl methyl sites for hydroxylation is 1. The summed E-state index contributed by atoms with van der Waals surface area (Å²) in [5.74, 6) is -1.23. The van der Waals surface area contributed by atoms with Crippen molar-refractivity contribution in [2.75, 3.05) is 0 Å². The van der Waals surface area contributed by atoms with Crippen molar-refractivity contribution in [3.63, 3.8) is 0 Å². The van der Waals surface area contributed by atoms with Gasteiger partial charge >= 0.3 is 0 Å². The minimum atomic E-state index is -0.633. The Hall–Kier alpha value is -1.40. The van der Waals surface area contributed by atoms with Crippen molar-refractivity contribution < 1.29 is 8.78 Å². The van der Waals surface area contributed by atoms with Gasteiger partial charge in [0.1, 0.15) is 16.6 Å². The third-order valence-electron chi connectivity index (χ3n) is 2.70. The van der Waals surface area contributed by atoms with Crippen molar-refractivity contribution in [1.82, 2.24) is 10.2 Å². The van der Waals surface area contributed by atoms with Gasteiger partial charge in [0.25, 0.3) is 0 Å². The molecule has 0 amide bonds. The minimum absolute atomic E-state index is 0.123. The summed E-state index contributed by atoms with van der Waals surface area (Å²) in [6.45, 7) is 3.50. The molecule has 1 aromatic heterocycles. The monoisotopic (exact) mass is 269 g/mol. The molecule has 2 rings (SSSR count). The van der Waals surface area contributed by atoms with Gasteiger partial charge in [-0.2, -0.15) is 0 Å². The summed E-state index contributed by atoms with van der Waals surface area (Å²) in [6.07, 6.45) is 0.702. The fourth-order valence-electron chi connectivity index (χ4n) is 1.51. The fraction of sp³-hybridized carbons (Fsp3) is 0.333. The van der Waals surface area contributed by atoms with Gasteiger partial charge in [0.15, 0.2) is 5.01 Å². The van der Waals surface area contributed by atoms with Crippen LogP contribution in [0, 0.1) is 18.6 Å². The highest BCUT2D eigenvalue weighted by Crippen LogP contribution is 2.32. The maximum atomic E-state index is 13.9. The van der Waals surface area contributed by atoms with E-state index in [0.717, 1.165) is 11.3 Å². The average molecular weight is 269 g/mol. The van der Waals surface area contributed by atoms with Crippen molar-refractivity contribution in [3.05, 3.63) is 34.3 Å². The Labute approximate surface area is 108 Å². The molecule has 0 saturated carbocycles. The molecule has 1 aromatic carbocycles. The molecular formula is C12H13F2N3S. The molecule has 0 aliphatic rings. The van der Waals surface area contributed by atoms with E-state index < -0.39 is 11.6 Å². The zero-order valence-corrected chi connectivity index (χ0v) is 10.9. The van der Waals surface area contributed by atoms with Crippen LogP contribution in [0.4, 0.5) is 8.78 Å². The van der Waals surface area contributed by atoms with Gasteiger partial charge < -0.3 is 5.73 Å². The first-order valence-electron chi connectivity index (χ1n) is 5.58. The third kappa shape index (κ3) is 2.26. The number of benzene rings is 1. The predicted molar refractivity (Wildman–Crippen MR) is 67.2 cm³/mol. The van der Waals surface area contributed by atoms with Crippen molar-refractivity contribution in [2.45, 2.75) is 26.3 Å². The smallest absolute Gasteiger partial charge is 0.153 e. The summed E-state index contributed by atoms with van der Waals surface area (Å²) in [4.78, 5) is 0. The quantitative estimate of drug-likeness (QED) is 0.931. The second-order valence-corrected chi connectivity index (χ2v) is 5.02. The van der Waals surface area contributed by atoms with Crippen LogP contribution in [-0.2, 0) is 0 Å². The lowest BCUT2D eigenvalue weighted by Gasteiger charge is -2.03. The van der Waals surface area contributed by atoms with Gasteiger partial charge in [0.2, 0.25) is 0 Å². The number of nitrogens with two attached hydrogens (primary N) is 1. The van der Waals surface area contributed by atoms with E-state index in [9.17, 15) is 8.78 Å². The average Bonchev–Trinajstić information content (AvgIpc) is 2.83. The first-order chi connectivity index (χ1) is 8.54. The molecule has 3 nitrogen and oxygen atoms in total. The summed E-state index contributed by atoms with van der Waals surface area (Å²) in [5.41, 5.74) is 6.07. The van der Waals surface area contributed by atoms with Crippen molar-refractivity contribution in [2.24, 2.45) is 5.73 Å². The number of hydrogen-bond acceptors (Lipinski definition) is 4. The number of aromatic nitrogens is 2. The van der Waals surface area contributed by atoms with Gasteiger partial charge in [0.05, 0.1) is 11.6 Å². The number of halogens is 2. The van der Waals surface area contributed by atoms with Crippen LogP contribution < -0.4 is 5.73 Å². The SMILES string of the molecule is CCC(N)c1nnc(-c2c(F)ccc(C)c2F)s1. The molecule has 0 fully saturated rings. The highest BCUT2D eigenvalue weighted by Gasteiger charge is 2.19. The Kier molecular flexibility index (Phi) is 3.68. The molecule has 0 aliphatic heterocycles. The van der Waals surface area contributed by atoms with Crippen molar-refractivity contribution >= 4 is 11.3 Å². The van der Waals surface area contributed by atoms with E-state index in [1.165, 1.54) is 12.1 Å². The van der Waals surface area contributed by atoms with E-state index in [4.69, 9.17) is 5.73 Å². The standard InChI is InChI=1S/C12H13F2N3S/c1-3-8(15)11-16-17-12(18-11)9-7(13)5-4-6(2)10(9)14/h4-5,8H,3,15H2,1-2H3. The summed E-state index contributed by atoms with van der Waals surface area (Å²) in [6, 6.07) is 2.38. The molecule has 0 spiro atoms. The topological polar surface area (TPSA) is 51.8 Å². The van der Waals surface area contributed by atoms with Gasteiger partial charge in [0, 0.05) is 0 Å². The maximum Gasteiger partial charge on any atom is 0.153 e. The number of nitrogens with zero attached hydrogens (tertiary/aromatic N) is 2. The van der Waals surface area contributed by atoms with Crippen molar-refractivity contribution in [1.29, 1.82) is 0 Å². The lowest BCUT2D eigenvalue weighted by molar-refractivity contribution is 0.583. The first-order valence-corrected chi connectivity index (χ1v) is 6.40. The highest BCUT2D eigenvalue weighted by molar-refractivity contribution is 7.14. The number of hydrogen-bond donors (Lipinski definition) is 1. The van der Waals surface area contributed by atoms with Gasteiger partial charge in [-0.3, -0.25) is 0 Å². The molecular weight excluding hydrogens is 256 g/mol. The first kappa shape index (κ1) is 13.0. The Morgan fingerprint density at radius 3 is 2.72 bits per heavy atom. The van der Waals surface area contributed by atoms with Crippen LogP contribution in [0.1, 0.15) is 30.0 Å². The lowest BCUT2D eigenvalue weighted by atomic mass is 10.1. The molecule has 1 atom stereocenters. The number of rotatable bonds is 3. The summed E-state index contributed by atoms with van der Waals surface area (Å²) >= 11 is 1.13. The second kappa shape index (κ2) is 5.07. The molecule has 0 bridgehead atoms. The van der Waals surface area contributed by atoms with Gasteiger partial charge in [-0.1, -0.05) is 24.3 Å². The molecule has 2 N–H and O–H groups in total. The van der Waals surface area contributed by atoms with E-state index in [1.807, 2.05) is 6.92 Å². The van der Waals surface area contributed by atoms with Gasteiger partial charge in [-0.15, -0.1) is 10.2 Å². The molecule has 96 valence electrons. The van der Waals surface area contributed by atoms with E-state index >= 15 is 0 Å². The predicted octanol–water partition coefficient (Wildman–Crippen LogP) is 3.20. The minimum Gasteiger partial charge on any atom is -0.322 e. The summed E-state index contributed by atoms with van der Waals surface area (Å²) in [7, 11) is 0. The molecule has 0 saturated heterocycles. The fourth-order valence-corrected chi connectivity index (χ4v) is 2.48. The Morgan fingerprint density at radius 2 is 2.06 bits per heavy atom. The Bertz CT molecular complexity index is 568. The van der Waals surface area contributed by atoms with Crippen LogP contribution in [0.5, 0.6) is 0 Å². The van der Waals surface area contributed by atoms with Crippen LogP contribution in [-0.4, -0.2) is 10.2 Å². The van der Waals surface area contributed by atoms with Crippen LogP contribution in [0.25, 0.3) is 10.6 Å². The second-order valence-electron chi connectivity index (χ2n) is 4.01. The Balaban J connectivity index is 2.49. The molecule has 2 aromatic rings. The zero-order valence-electron chi connectivity index (χ0n) is 10.1. The van der Waals surface area contributed by atoms with Crippen LogP contribution in [0.2, 0.25) is 0 Å². The van der Waals surface area contributed by atoms with E-state index in [0.29, 0.717) is 17.0 Å². The van der Waals surface area contributed by atoms with Gasteiger partial charge in [-0.05, 0) is 25.0 Å². The summed E-state index contributed by atoms with van der Waals surface area (Å²) < 4.78 is 27.6. The van der Waals surface area contributed by atoms with Crippen LogP contribution in [0.3, 0.4) is 0 Å². The summed E-state index contributed by atoms with van der Waals surface area (Å²) in [5, 5.41) is 8.53. The molecule has 0 radical (unpaired) electrons. The molecule has 1 heterocycles. The third-order valence-corrected chi connectivity index (χ3v) is 3.77. The zero-order chi connectivity index (χ0) is 13.3. The molecule has 18 heavy (non-hydrogen) atoms. The van der Waals surface area contributed by atoms with Crippen LogP contribution in [0.15, 0.2) is 12.1 Å². The van der Waals surface area contributed by atoms with E-state index in [-0.39, 0.29) is 16.6 Å². The van der Waals surface area contributed by atoms with E-state index in [2.05, 4.69) is 10.2 Å². The largest absolute Gasteiger partial charge is 0.322 e. The van der Waals surface area contributed by atoms with Gasteiger partial charge in [-0.25, -0.2) is 8.78 Å². The van der Waals surface area contributed by atoms with Crippen LogP contribution >= 0.6 is 11.3 Å². The Morgan fingerprint density at radius 1 is 1.33 bits per heavy atom. The lowest BCUT2D eigenvalue weighted by Crippen LogP contribution is -2.07.